The molecule has 0 heterocycles. The summed E-state index contributed by atoms with van der Waals surface area (Å²) in [5.41, 5.74) is 2.76. The summed E-state index contributed by atoms with van der Waals surface area (Å²) in [6.45, 7) is 1.05. The van der Waals surface area contributed by atoms with Crippen molar-refractivity contribution in [2.45, 2.75) is 13.2 Å². The first-order valence-corrected chi connectivity index (χ1v) is 5.97. The molecule has 2 nitrogen and oxygen atoms in total. The van der Waals surface area contributed by atoms with Crippen molar-refractivity contribution in [3.8, 4) is 6.07 Å². The Kier molecular flexibility index (Phi) is 4.35. The number of nitriles is 1. The van der Waals surface area contributed by atoms with Crippen molar-refractivity contribution in [3.05, 3.63) is 70.2 Å². The highest BCUT2D eigenvalue weighted by atomic mass is 35.5. The highest BCUT2D eigenvalue weighted by Gasteiger charge is 1.97. The first-order chi connectivity index (χ1) is 8.78. The fourth-order valence-corrected chi connectivity index (χ4v) is 1.80. The van der Waals surface area contributed by atoms with Crippen LogP contribution in [-0.4, -0.2) is 0 Å². The molecule has 0 saturated carbocycles. The van der Waals surface area contributed by atoms with Crippen LogP contribution >= 0.6 is 11.6 Å². The van der Waals surface area contributed by atoms with Gasteiger partial charge in [0, 0.05) is 5.02 Å². The molecule has 0 bridgehead atoms. The minimum absolute atomic E-state index is 0.526. The molecule has 0 aliphatic carbocycles. The number of hydrogen-bond donors (Lipinski definition) is 0. The van der Waals surface area contributed by atoms with Crippen LogP contribution in [0, 0.1) is 11.3 Å². The maximum absolute atomic E-state index is 8.69. The van der Waals surface area contributed by atoms with Crippen LogP contribution < -0.4 is 0 Å². The molecule has 2 aromatic carbocycles. The number of hydrogen-bond acceptors (Lipinski definition) is 2. The Morgan fingerprint density at radius 3 is 2.39 bits per heavy atom. The molecule has 0 fully saturated rings. The average molecular weight is 258 g/mol. The molecule has 0 unspecified atom stereocenters. The van der Waals surface area contributed by atoms with Gasteiger partial charge in [-0.3, -0.25) is 0 Å². The summed E-state index contributed by atoms with van der Waals surface area (Å²) in [5.74, 6) is 0. The molecule has 3 heteroatoms. The van der Waals surface area contributed by atoms with Crippen molar-refractivity contribution >= 4 is 11.6 Å². The number of benzene rings is 2. The maximum atomic E-state index is 8.69. The van der Waals surface area contributed by atoms with Crippen LogP contribution in [0.2, 0.25) is 5.02 Å². The van der Waals surface area contributed by atoms with Gasteiger partial charge in [0.2, 0.25) is 0 Å². The van der Waals surface area contributed by atoms with E-state index in [4.69, 9.17) is 21.6 Å². The second kappa shape index (κ2) is 6.20. The van der Waals surface area contributed by atoms with Crippen LogP contribution in [0.3, 0.4) is 0 Å². The molecule has 0 amide bonds. The second-order valence-corrected chi connectivity index (χ2v) is 4.37. The Morgan fingerprint density at radius 2 is 1.72 bits per heavy atom. The molecule has 0 N–H and O–H groups in total. The molecular weight excluding hydrogens is 246 g/mol. The van der Waals surface area contributed by atoms with E-state index in [0.29, 0.717) is 18.8 Å². The average Bonchev–Trinajstić information content (AvgIpc) is 2.40. The Balaban J connectivity index is 1.86. The third kappa shape index (κ3) is 3.59. The van der Waals surface area contributed by atoms with Crippen LogP contribution in [0.4, 0.5) is 0 Å². The van der Waals surface area contributed by atoms with Crippen molar-refractivity contribution in [1.29, 1.82) is 5.26 Å². The van der Waals surface area contributed by atoms with E-state index in [1.165, 1.54) is 0 Å². The largest absolute Gasteiger partial charge is 0.372 e. The summed E-state index contributed by atoms with van der Waals surface area (Å²) in [7, 11) is 0. The summed E-state index contributed by atoms with van der Waals surface area (Å²) in [4.78, 5) is 0. The molecule has 0 spiro atoms. The van der Waals surface area contributed by atoms with Crippen molar-refractivity contribution in [2.75, 3.05) is 0 Å². The zero-order valence-electron chi connectivity index (χ0n) is 9.77. The Labute approximate surface area is 111 Å². The highest BCUT2D eigenvalue weighted by Crippen LogP contribution is 2.12. The molecule has 0 atom stereocenters. The Bertz CT molecular complexity index is 557. The molecule has 0 aromatic heterocycles. The lowest BCUT2D eigenvalue weighted by Crippen LogP contribution is -1.94. The van der Waals surface area contributed by atoms with Crippen LogP contribution in [0.15, 0.2) is 48.5 Å². The molecule has 2 aromatic rings. The lowest BCUT2D eigenvalue weighted by atomic mass is 10.1. The Hall–Kier alpha value is -1.82. The van der Waals surface area contributed by atoms with Gasteiger partial charge in [0.05, 0.1) is 24.8 Å². The first-order valence-electron chi connectivity index (χ1n) is 5.59. The van der Waals surface area contributed by atoms with Crippen LogP contribution in [0.25, 0.3) is 0 Å². The molecule has 90 valence electrons. The van der Waals surface area contributed by atoms with Gasteiger partial charge >= 0.3 is 0 Å². The lowest BCUT2D eigenvalue weighted by Gasteiger charge is -2.05. The SMILES string of the molecule is N#Cc1ccc(COCc2cccc(Cl)c2)cc1. The summed E-state index contributed by atoms with van der Waals surface area (Å²) < 4.78 is 5.59. The summed E-state index contributed by atoms with van der Waals surface area (Å²) in [5, 5.41) is 9.40. The van der Waals surface area contributed by atoms with Gasteiger partial charge in [-0.15, -0.1) is 0 Å². The summed E-state index contributed by atoms with van der Waals surface area (Å²) >= 11 is 5.89. The maximum Gasteiger partial charge on any atom is 0.0991 e. The third-order valence-electron chi connectivity index (χ3n) is 2.51. The third-order valence-corrected chi connectivity index (χ3v) is 2.74. The van der Waals surface area contributed by atoms with E-state index < -0.39 is 0 Å². The van der Waals surface area contributed by atoms with E-state index in [1.54, 1.807) is 12.1 Å². The van der Waals surface area contributed by atoms with Crippen LogP contribution in [-0.2, 0) is 18.0 Å². The number of rotatable bonds is 4. The molecule has 0 saturated heterocycles. The van der Waals surface area contributed by atoms with Gasteiger partial charge in [-0.1, -0.05) is 35.9 Å². The molecule has 0 aliphatic rings. The molecule has 0 radical (unpaired) electrons. The fraction of sp³-hybridized carbons (Fsp3) is 0.133. The first kappa shape index (κ1) is 12.6. The van der Waals surface area contributed by atoms with Gasteiger partial charge < -0.3 is 4.74 Å². The zero-order chi connectivity index (χ0) is 12.8. The van der Waals surface area contributed by atoms with E-state index in [-0.39, 0.29) is 0 Å². The number of nitrogens with zero attached hydrogens (tertiary/aromatic N) is 1. The Morgan fingerprint density at radius 1 is 1.00 bits per heavy atom. The lowest BCUT2D eigenvalue weighted by molar-refractivity contribution is 0.107. The van der Waals surface area contributed by atoms with Gasteiger partial charge in [-0.25, -0.2) is 0 Å². The monoisotopic (exact) mass is 257 g/mol. The van der Waals surface area contributed by atoms with Gasteiger partial charge in [0.25, 0.3) is 0 Å². The van der Waals surface area contributed by atoms with Crippen molar-refractivity contribution in [2.24, 2.45) is 0 Å². The topological polar surface area (TPSA) is 33.0 Å². The summed E-state index contributed by atoms with van der Waals surface area (Å²) in [6.07, 6.45) is 0. The molecule has 0 aliphatic heterocycles. The summed E-state index contributed by atoms with van der Waals surface area (Å²) in [6, 6.07) is 17.1. The molecule has 18 heavy (non-hydrogen) atoms. The van der Waals surface area contributed by atoms with E-state index >= 15 is 0 Å². The van der Waals surface area contributed by atoms with Gasteiger partial charge in [0.15, 0.2) is 0 Å². The van der Waals surface area contributed by atoms with Gasteiger partial charge in [-0.05, 0) is 35.4 Å². The van der Waals surface area contributed by atoms with Crippen LogP contribution in [0.1, 0.15) is 16.7 Å². The van der Waals surface area contributed by atoms with E-state index in [0.717, 1.165) is 16.1 Å². The van der Waals surface area contributed by atoms with Crippen LogP contribution in [0.5, 0.6) is 0 Å². The van der Waals surface area contributed by atoms with E-state index in [9.17, 15) is 0 Å². The molecular formula is C15H12ClNO. The number of halogens is 1. The van der Waals surface area contributed by atoms with Gasteiger partial charge in [-0.2, -0.15) is 5.26 Å². The van der Waals surface area contributed by atoms with E-state index in [1.807, 2.05) is 36.4 Å². The molecule has 2 rings (SSSR count). The number of ether oxygens (including phenoxy) is 1. The van der Waals surface area contributed by atoms with Crippen molar-refractivity contribution in [1.82, 2.24) is 0 Å². The smallest absolute Gasteiger partial charge is 0.0991 e. The van der Waals surface area contributed by atoms with E-state index in [2.05, 4.69) is 6.07 Å². The normalized spacial score (nSPS) is 10.0. The minimum Gasteiger partial charge on any atom is -0.372 e. The predicted molar refractivity (Wildman–Crippen MR) is 71.1 cm³/mol. The standard InChI is InChI=1S/C15H12ClNO/c16-15-3-1-2-14(8-15)11-18-10-13-6-4-12(9-17)5-7-13/h1-8H,10-11H2. The van der Waals surface area contributed by atoms with Crippen molar-refractivity contribution < 1.29 is 4.74 Å². The predicted octanol–water partition coefficient (Wildman–Crippen LogP) is 3.93. The van der Waals surface area contributed by atoms with Crippen molar-refractivity contribution in [3.63, 3.8) is 0 Å². The fourth-order valence-electron chi connectivity index (χ4n) is 1.59. The second-order valence-electron chi connectivity index (χ2n) is 3.93. The highest BCUT2D eigenvalue weighted by molar-refractivity contribution is 6.30. The van der Waals surface area contributed by atoms with Gasteiger partial charge in [0.1, 0.15) is 0 Å². The zero-order valence-corrected chi connectivity index (χ0v) is 10.5. The quantitative estimate of drug-likeness (QED) is 0.831. The minimum atomic E-state index is 0.526.